The molecule has 1 atom stereocenters. The summed E-state index contributed by atoms with van der Waals surface area (Å²) in [6.07, 6.45) is 1.17. The summed E-state index contributed by atoms with van der Waals surface area (Å²) < 4.78 is 29.9. The van der Waals surface area contributed by atoms with E-state index in [0.29, 0.717) is 23.8 Å². The molecule has 5 nitrogen and oxygen atoms in total. The third kappa shape index (κ3) is 2.48. The minimum absolute atomic E-state index is 0.108. The Balaban J connectivity index is 2.47. The van der Waals surface area contributed by atoms with Crippen molar-refractivity contribution in [3.05, 3.63) is 29.8 Å². The number of rotatable bonds is 3. The van der Waals surface area contributed by atoms with Crippen molar-refractivity contribution in [1.82, 2.24) is 0 Å². The molecule has 0 bridgehead atoms. The number of hydrogen-bond acceptors (Lipinski definition) is 4. The van der Waals surface area contributed by atoms with Crippen LogP contribution in [0.15, 0.2) is 29.3 Å². The second kappa shape index (κ2) is 4.61. The maximum absolute atomic E-state index is 11.6. The maximum atomic E-state index is 11.6. The quantitative estimate of drug-likeness (QED) is 0.829. The highest BCUT2D eigenvalue weighted by Gasteiger charge is 2.22. The second-order valence-electron chi connectivity index (χ2n) is 4.34. The molecule has 1 aliphatic heterocycles. The Morgan fingerprint density at radius 2 is 2.06 bits per heavy atom. The predicted molar refractivity (Wildman–Crippen MR) is 71.6 cm³/mol. The molecule has 0 saturated carbocycles. The van der Waals surface area contributed by atoms with E-state index >= 15 is 0 Å². The van der Waals surface area contributed by atoms with Crippen LogP contribution in [0.4, 0.5) is 5.69 Å². The molecule has 0 radical (unpaired) electrons. The molecule has 1 unspecified atom stereocenters. The van der Waals surface area contributed by atoms with Crippen LogP contribution in [0, 0.1) is 0 Å². The topological polar surface area (TPSA) is 59.0 Å². The van der Waals surface area contributed by atoms with Gasteiger partial charge in [-0.05, 0) is 19.1 Å². The Morgan fingerprint density at radius 3 is 2.61 bits per heavy atom. The SMILES string of the molecule is CC1COC(c2ccccc2N(C)S(C)(=O)=O)=N1. The first kappa shape index (κ1) is 12.9. The van der Waals surface area contributed by atoms with Gasteiger partial charge in [0.05, 0.1) is 23.5 Å². The first-order valence-corrected chi connectivity index (χ1v) is 7.48. The van der Waals surface area contributed by atoms with E-state index in [1.54, 1.807) is 12.1 Å². The Hall–Kier alpha value is -1.56. The second-order valence-corrected chi connectivity index (χ2v) is 6.36. The first-order valence-electron chi connectivity index (χ1n) is 5.63. The summed E-state index contributed by atoms with van der Waals surface area (Å²) in [5.74, 6) is 0.508. The van der Waals surface area contributed by atoms with Crippen LogP contribution in [0.1, 0.15) is 12.5 Å². The Morgan fingerprint density at radius 1 is 1.39 bits per heavy atom. The maximum Gasteiger partial charge on any atom is 0.232 e. The molecule has 18 heavy (non-hydrogen) atoms. The summed E-state index contributed by atoms with van der Waals surface area (Å²) in [6, 6.07) is 7.29. The predicted octanol–water partition coefficient (Wildman–Crippen LogP) is 1.25. The Bertz CT molecular complexity index is 581. The molecule has 0 amide bonds. The van der Waals surface area contributed by atoms with Gasteiger partial charge in [0, 0.05) is 7.05 Å². The fourth-order valence-corrected chi connectivity index (χ4v) is 2.25. The van der Waals surface area contributed by atoms with Crippen molar-refractivity contribution in [2.45, 2.75) is 13.0 Å². The summed E-state index contributed by atoms with van der Waals surface area (Å²) in [5, 5.41) is 0. The molecule has 0 aromatic heterocycles. The standard InChI is InChI=1S/C12H16N2O3S/c1-9-8-17-12(13-9)10-6-4-5-7-11(10)14(2)18(3,15)16/h4-7,9H,8H2,1-3H3. The van der Waals surface area contributed by atoms with E-state index in [2.05, 4.69) is 4.99 Å². The van der Waals surface area contributed by atoms with Gasteiger partial charge in [-0.2, -0.15) is 0 Å². The van der Waals surface area contributed by atoms with Crippen LogP contribution < -0.4 is 4.31 Å². The smallest absolute Gasteiger partial charge is 0.232 e. The van der Waals surface area contributed by atoms with Crippen molar-refractivity contribution in [2.75, 3.05) is 24.2 Å². The van der Waals surface area contributed by atoms with Crippen LogP contribution in [-0.4, -0.2) is 40.3 Å². The molecule has 1 aromatic rings. The van der Waals surface area contributed by atoms with E-state index in [9.17, 15) is 8.42 Å². The lowest BCUT2D eigenvalue weighted by atomic mass is 10.2. The van der Waals surface area contributed by atoms with Crippen molar-refractivity contribution < 1.29 is 13.2 Å². The number of anilines is 1. The lowest BCUT2D eigenvalue weighted by molar-refractivity contribution is 0.324. The average molecular weight is 268 g/mol. The van der Waals surface area contributed by atoms with Crippen molar-refractivity contribution >= 4 is 21.6 Å². The number of para-hydroxylation sites is 1. The fourth-order valence-electron chi connectivity index (χ4n) is 1.73. The van der Waals surface area contributed by atoms with Crippen molar-refractivity contribution in [2.24, 2.45) is 4.99 Å². The lowest BCUT2D eigenvalue weighted by Crippen LogP contribution is -2.26. The molecule has 0 spiro atoms. The number of benzene rings is 1. The van der Waals surface area contributed by atoms with Gasteiger partial charge in [-0.1, -0.05) is 12.1 Å². The summed E-state index contributed by atoms with van der Waals surface area (Å²) >= 11 is 0. The molecule has 0 N–H and O–H groups in total. The number of ether oxygens (including phenoxy) is 1. The zero-order valence-corrected chi connectivity index (χ0v) is 11.4. The third-order valence-electron chi connectivity index (χ3n) is 2.77. The number of sulfonamides is 1. The molecule has 1 aliphatic rings. The van der Waals surface area contributed by atoms with Crippen LogP contribution in [0.25, 0.3) is 0 Å². The summed E-state index contributed by atoms with van der Waals surface area (Å²) in [6.45, 7) is 2.49. The van der Waals surface area contributed by atoms with Crippen molar-refractivity contribution in [3.8, 4) is 0 Å². The van der Waals surface area contributed by atoms with Gasteiger partial charge in [0.15, 0.2) is 0 Å². The van der Waals surface area contributed by atoms with E-state index < -0.39 is 10.0 Å². The number of nitrogens with zero attached hydrogens (tertiary/aromatic N) is 2. The largest absolute Gasteiger partial charge is 0.475 e. The highest BCUT2D eigenvalue weighted by molar-refractivity contribution is 7.92. The van der Waals surface area contributed by atoms with Crippen LogP contribution in [0.3, 0.4) is 0 Å². The van der Waals surface area contributed by atoms with E-state index in [0.717, 1.165) is 0 Å². The summed E-state index contributed by atoms with van der Waals surface area (Å²) in [7, 11) is -1.78. The monoisotopic (exact) mass is 268 g/mol. The normalized spacial score (nSPS) is 19.3. The van der Waals surface area contributed by atoms with Gasteiger partial charge in [0.1, 0.15) is 6.61 Å². The molecule has 1 heterocycles. The highest BCUT2D eigenvalue weighted by Crippen LogP contribution is 2.24. The van der Waals surface area contributed by atoms with E-state index in [1.807, 2.05) is 19.1 Å². The minimum Gasteiger partial charge on any atom is -0.475 e. The third-order valence-corrected chi connectivity index (χ3v) is 3.96. The van der Waals surface area contributed by atoms with Gasteiger partial charge < -0.3 is 4.74 Å². The van der Waals surface area contributed by atoms with Gasteiger partial charge in [-0.25, -0.2) is 13.4 Å². The van der Waals surface area contributed by atoms with Gasteiger partial charge in [0.2, 0.25) is 15.9 Å². The zero-order chi connectivity index (χ0) is 13.3. The van der Waals surface area contributed by atoms with E-state index in [1.165, 1.54) is 17.6 Å². The molecule has 1 aromatic carbocycles. The molecule has 98 valence electrons. The van der Waals surface area contributed by atoms with Crippen LogP contribution in [0.5, 0.6) is 0 Å². The van der Waals surface area contributed by atoms with E-state index in [-0.39, 0.29) is 6.04 Å². The zero-order valence-electron chi connectivity index (χ0n) is 10.6. The first-order chi connectivity index (χ1) is 8.39. The van der Waals surface area contributed by atoms with Gasteiger partial charge in [0.25, 0.3) is 0 Å². The van der Waals surface area contributed by atoms with Gasteiger partial charge in [-0.15, -0.1) is 0 Å². The highest BCUT2D eigenvalue weighted by atomic mass is 32.2. The molecular weight excluding hydrogens is 252 g/mol. The van der Waals surface area contributed by atoms with E-state index in [4.69, 9.17) is 4.74 Å². The molecule has 0 saturated heterocycles. The lowest BCUT2D eigenvalue weighted by Gasteiger charge is -2.19. The summed E-state index contributed by atoms with van der Waals surface area (Å²) in [4.78, 5) is 4.36. The van der Waals surface area contributed by atoms with Gasteiger partial charge >= 0.3 is 0 Å². The summed E-state index contributed by atoms with van der Waals surface area (Å²) in [5.41, 5.74) is 1.28. The molecule has 0 fully saturated rings. The Kier molecular flexibility index (Phi) is 3.30. The molecule has 0 aliphatic carbocycles. The van der Waals surface area contributed by atoms with Crippen LogP contribution in [0.2, 0.25) is 0 Å². The molecule has 6 heteroatoms. The van der Waals surface area contributed by atoms with Gasteiger partial charge in [-0.3, -0.25) is 4.31 Å². The average Bonchev–Trinajstić information content (AvgIpc) is 2.73. The van der Waals surface area contributed by atoms with Crippen molar-refractivity contribution in [3.63, 3.8) is 0 Å². The van der Waals surface area contributed by atoms with Crippen LogP contribution in [-0.2, 0) is 14.8 Å². The number of hydrogen-bond donors (Lipinski definition) is 0. The minimum atomic E-state index is -3.30. The fraction of sp³-hybridized carbons (Fsp3) is 0.417. The van der Waals surface area contributed by atoms with Crippen molar-refractivity contribution in [1.29, 1.82) is 0 Å². The Labute approximate surface area is 107 Å². The molecular formula is C12H16N2O3S. The molecule has 2 rings (SSSR count). The van der Waals surface area contributed by atoms with Crippen LogP contribution >= 0.6 is 0 Å². The number of aliphatic imine (C=N–C) groups is 1.